The molecule has 1 aliphatic rings. The van der Waals surface area contributed by atoms with E-state index in [1.807, 2.05) is 0 Å². The average molecular weight is 328 g/mol. The van der Waals surface area contributed by atoms with Crippen molar-refractivity contribution in [2.24, 2.45) is 5.92 Å². The van der Waals surface area contributed by atoms with Gasteiger partial charge in [-0.2, -0.15) is 0 Å². The van der Waals surface area contributed by atoms with Gasteiger partial charge >= 0.3 is 0 Å². The number of hydrogen-bond donors (Lipinski definition) is 2. The lowest BCUT2D eigenvalue weighted by molar-refractivity contribution is -0.384. The first-order chi connectivity index (χ1) is 9.97. The van der Waals surface area contributed by atoms with E-state index in [9.17, 15) is 14.9 Å². The van der Waals surface area contributed by atoms with E-state index in [0.29, 0.717) is 11.5 Å². The summed E-state index contributed by atoms with van der Waals surface area (Å²) in [4.78, 5) is 22.4. The van der Waals surface area contributed by atoms with Crippen molar-refractivity contribution in [3.63, 3.8) is 0 Å². The lowest BCUT2D eigenvalue weighted by Gasteiger charge is -2.36. The van der Waals surface area contributed by atoms with Crippen LogP contribution in [0.15, 0.2) is 24.3 Å². The molecule has 0 saturated carbocycles. The summed E-state index contributed by atoms with van der Waals surface area (Å²) in [5, 5.41) is 17.1. The largest absolute Gasteiger partial charge is 0.351 e. The highest BCUT2D eigenvalue weighted by Crippen LogP contribution is 2.17. The van der Waals surface area contributed by atoms with Gasteiger partial charge in [-0.25, -0.2) is 0 Å². The SMILES string of the molecule is CC1CCNC(C)C1NC(=O)Cc1cccc([N+](=O)[O-])c1.Cl. The van der Waals surface area contributed by atoms with Crippen molar-refractivity contribution < 1.29 is 9.72 Å². The van der Waals surface area contributed by atoms with Gasteiger partial charge in [0.05, 0.1) is 11.3 Å². The predicted molar refractivity (Wildman–Crippen MR) is 87.2 cm³/mol. The van der Waals surface area contributed by atoms with Gasteiger partial charge in [0.25, 0.3) is 5.69 Å². The summed E-state index contributed by atoms with van der Waals surface area (Å²) in [6, 6.07) is 6.56. The number of piperidine rings is 1. The number of nitro groups is 1. The molecule has 0 aliphatic carbocycles. The van der Waals surface area contributed by atoms with Crippen LogP contribution in [0, 0.1) is 16.0 Å². The fourth-order valence-electron chi connectivity index (χ4n) is 2.81. The zero-order valence-corrected chi connectivity index (χ0v) is 13.6. The Morgan fingerprint density at radius 1 is 1.45 bits per heavy atom. The number of carbonyl (C=O) groups is 1. The standard InChI is InChI=1S/C15H21N3O3.ClH/c1-10-6-7-16-11(2)15(10)17-14(19)9-12-4-3-5-13(8-12)18(20)21;/h3-5,8,10-11,15-16H,6-7,9H2,1-2H3,(H,17,19);1H. The highest BCUT2D eigenvalue weighted by molar-refractivity contribution is 5.85. The lowest BCUT2D eigenvalue weighted by Crippen LogP contribution is -2.56. The number of amides is 1. The molecule has 1 aromatic rings. The molecular weight excluding hydrogens is 306 g/mol. The molecule has 6 nitrogen and oxygen atoms in total. The Morgan fingerprint density at radius 3 is 2.82 bits per heavy atom. The van der Waals surface area contributed by atoms with Crippen LogP contribution in [0.1, 0.15) is 25.8 Å². The summed E-state index contributed by atoms with van der Waals surface area (Å²) in [6.45, 7) is 5.17. The zero-order valence-electron chi connectivity index (χ0n) is 12.7. The van der Waals surface area contributed by atoms with E-state index < -0.39 is 4.92 Å². The van der Waals surface area contributed by atoms with Crippen molar-refractivity contribution in [2.45, 2.75) is 38.8 Å². The van der Waals surface area contributed by atoms with Gasteiger partial charge < -0.3 is 10.6 Å². The van der Waals surface area contributed by atoms with E-state index in [4.69, 9.17) is 0 Å². The maximum atomic E-state index is 12.1. The molecule has 7 heteroatoms. The Bertz CT molecular complexity index is 529. The number of carbonyl (C=O) groups excluding carboxylic acids is 1. The van der Waals surface area contributed by atoms with Gasteiger partial charge in [-0.05, 0) is 31.4 Å². The number of hydrogen-bond acceptors (Lipinski definition) is 4. The molecule has 1 fully saturated rings. The monoisotopic (exact) mass is 327 g/mol. The fraction of sp³-hybridized carbons (Fsp3) is 0.533. The van der Waals surface area contributed by atoms with Gasteiger partial charge in [-0.15, -0.1) is 12.4 Å². The van der Waals surface area contributed by atoms with Gasteiger partial charge in [-0.1, -0.05) is 19.1 Å². The molecule has 1 amide bonds. The highest BCUT2D eigenvalue weighted by Gasteiger charge is 2.28. The van der Waals surface area contributed by atoms with Crippen LogP contribution < -0.4 is 10.6 Å². The highest BCUT2D eigenvalue weighted by atomic mass is 35.5. The minimum absolute atomic E-state index is 0. The summed E-state index contributed by atoms with van der Waals surface area (Å²) in [7, 11) is 0. The molecule has 0 radical (unpaired) electrons. The van der Waals surface area contributed by atoms with Crippen molar-refractivity contribution in [1.82, 2.24) is 10.6 Å². The first-order valence-electron chi connectivity index (χ1n) is 7.23. The molecule has 2 N–H and O–H groups in total. The van der Waals surface area contributed by atoms with Crippen molar-refractivity contribution in [3.05, 3.63) is 39.9 Å². The number of benzene rings is 1. The molecule has 3 unspecified atom stereocenters. The second-order valence-corrected chi connectivity index (χ2v) is 5.71. The van der Waals surface area contributed by atoms with Crippen LogP contribution in [0.3, 0.4) is 0 Å². The minimum Gasteiger partial charge on any atom is -0.351 e. The van der Waals surface area contributed by atoms with Gasteiger partial charge in [-0.3, -0.25) is 14.9 Å². The van der Waals surface area contributed by atoms with Crippen LogP contribution >= 0.6 is 12.4 Å². The first kappa shape index (κ1) is 18.4. The molecule has 0 spiro atoms. The molecule has 3 atom stereocenters. The number of rotatable bonds is 4. The normalized spacial score (nSPS) is 24.2. The van der Waals surface area contributed by atoms with E-state index in [0.717, 1.165) is 13.0 Å². The molecule has 2 rings (SSSR count). The molecule has 1 saturated heterocycles. The van der Waals surface area contributed by atoms with E-state index in [-0.39, 0.29) is 42.5 Å². The summed E-state index contributed by atoms with van der Waals surface area (Å²) in [6.07, 6.45) is 1.20. The van der Waals surface area contributed by atoms with Gasteiger partial charge in [0.2, 0.25) is 5.91 Å². The van der Waals surface area contributed by atoms with E-state index in [1.165, 1.54) is 12.1 Å². The number of nitro benzene ring substituents is 1. The van der Waals surface area contributed by atoms with Crippen molar-refractivity contribution in [3.8, 4) is 0 Å². The van der Waals surface area contributed by atoms with Gasteiger partial charge in [0.15, 0.2) is 0 Å². The molecule has 1 aromatic carbocycles. The number of nitrogens with zero attached hydrogens (tertiary/aromatic N) is 1. The summed E-state index contributed by atoms with van der Waals surface area (Å²) >= 11 is 0. The van der Waals surface area contributed by atoms with Crippen LogP contribution in [-0.4, -0.2) is 29.5 Å². The van der Waals surface area contributed by atoms with E-state index >= 15 is 0 Å². The number of non-ortho nitro benzene ring substituents is 1. The third-order valence-corrected chi connectivity index (χ3v) is 4.03. The summed E-state index contributed by atoms with van der Waals surface area (Å²) < 4.78 is 0. The Labute approximate surface area is 136 Å². The third kappa shape index (κ3) is 4.68. The maximum absolute atomic E-state index is 12.1. The van der Waals surface area contributed by atoms with Crippen LogP contribution in [0.25, 0.3) is 0 Å². The minimum atomic E-state index is -0.448. The molecule has 22 heavy (non-hydrogen) atoms. The van der Waals surface area contributed by atoms with Crippen molar-refractivity contribution in [2.75, 3.05) is 6.54 Å². The van der Waals surface area contributed by atoms with E-state index in [1.54, 1.807) is 12.1 Å². The Balaban J connectivity index is 0.00000242. The number of nitrogens with one attached hydrogen (secondary N) is 2. The van der Waals surface area contributed by atoms with Crippen LogP contribution in [0.5, 0.6) is 0 Å². The third-order valence-electron chi connectivity index (χ3n) is 4.03. The average Bonchev–Trinajstić information content (AvgIpc) is 2.43. The maximum Gasteiger partial charge on any atom is 0.269 e. The molecule has 0 bridgehead atoms. The summed E-state index contributed by atoms with van der Waals surface area (Å²) in [5.74, 6) is 0.332. The molecule has 1 aliphatic heterocycles. The zero-order chi connectivity index (χ0) is 15.4. The topological polar surface area (TPSA) is 84.3 Å². The number of halogens is 1. The van der Waals surface area contributed by atoms with Gasteiger partial charge in [0, 0.05) is 24.2 Å². The first-order valence-corrected chi connectivity index (χ1v) is 7.23. The summed E-state index contributed by atoms with van der Waals surface area (Å²) in [5.41, 5.74) is 0.673. The molecule has 122 valence electrons. The van der Waals surface area contributed by atoms with Crippen LogP contribution in [-0.2, 0) is 11.2 Å². The fourth-order valence-corrected chi connectivity index (χ4v) is 2.81. The van der Waals surface area contributed by atoms with Crippen molar-refractivity contribution in [1.29, 1.82) is 0 Å². The predicted octanol–water partition coefficient (Wildman–Crippen LogP) is 2.06. The van der Waals surface area contributed by atoms with Crippen molar-refractivity contribution >= 4 is 24.0 Å². The molecule has 1 heterocycles. The molecular formula is C15H22ClN3O3. The van der Waals surface area contributed by atoms with Crippen LogP contribution in [0.4, 0.5) is 5.69 Å². The smallest absolute Gasteiger partial charge is 0.269 e. The van der Waals surface area contributed by atoms with Gasteiger partial charge in [0.1, 0.15) is 0 Å². The second-order valence-electron chi connectivity index (χ2n) is 5.71. The molecule has 0 aromatic heterocycles. The second kappa shape index (κ2) is 8.10. The quantitative estimate of drug-likeness (QED) is 0.655. The van der Waals surface area contributed by atoms with E-state index in [2.05, 4.69) is 24.5 Å². The Morgan fingerprint density at radius 2 is 2.18 bits per heavy atom. The Hall–Kier alpha value is -1.66. The Kier molecular flexibility index (Phi) is 6.77. The lowest BCUT2D eigenvalue weighted by atomic mass is 9.89. The van der Waals surface area contributed by atoms with Crippen LogP contribution in [0.2, 0.25) is 0 Å².